The maximum Gasteiger partial charge on any atom is 0.501 e. The van der Waals surface area contributed by atoms with Crippen LogP contribution in [0.2, 0.25) is 0 Å². The highest BCUT2D eigenvalue weighted by Gasteiger charge is 2.71. The van der Waals surface area contributed by atoms with Crippen molar-refractivity contribution in [2.45, 2.75) is 27.1 Å². The third kappa shape index (κ3) is 3.17. The fourth-order valence-corrected chi connectivity index (χ4v) is 2.96. The lowest BCUT2D eigenvalue weighted by Gasteiger charge is -2.32. The molecule has 0 aliphatic rings. The van der Waals surface area contributed by atoms with Crippen molar-refractivity contribution < 1.29 is 47.9 Å². The lowest BCUT2D eigenvalue weighted by molar-refractivity contribution is -0.282. The van der Waals surface area contributed by atoms with Gasteiger partial charge in [0.15, 0.2) is 0 Å². The van der Waals surface area contributed by atoms with Crippen molar-refractivity contribution in [2.24, 2.45) is 0 Å². The van der Waals surface area contributed by atoms with Crippen LogP contribution in [0.3, 0.4) is 0 Å². The molecule has 138 valence electrons. The number of nitrogens with two attached hydrogens (primary N) is 1. The van der Waals surface area contributed by atoms with E-state index >= 15 is 0 Å². The van der Waals surface area contributed by atoms with E-state index in [0.29, 0.717) is 0 Å². The van der Waals surface area contributed by atoms with Crippen LogP contribution in [-0.2, 0) is 15.5 Å². The molecule has 0 saturated carbocycles. The molecule has 0 fully saturated rings. The van der Waals surface area contributed by atoms with E-state index in [-0.39, 0.29) is 12.1 Å². The molecule has 0 bridgehead atoms. The zero-order valence-corrected chi connectivity index (χ0v) is 13.2. The van der Waals surface area contributed by atoms with Crippen LogP contribution >= 0.6 is 15.9 Å². The first-order valence-corrected chi connectivity index (χ1v) is 7.68. The summed E-state index contributed by atoms with van der Waals surface area (Å²) in [5, 5.41) is 0. The fourth-order valence-electron chi connectivity index (χ4n) is 1.59. The van der Waals surface area contributed by atoms with E-state index in [1.165, 1.54) is 15.9 Å². The predicted molar refractivity (Wildman–Crippen MR) is 66.8 cm³/mol. The van der Waals surface area contributed by atoms with Crippen LogP contribution in [0.1, 0.15) is 5.56 Å². The number of halogens is 10. The first-order valence-electron chi connectivity index (χ1n) is 5.41. The molecule has 0 spiro atoms. The largest absolute Gasteiger partial charge is 0.501 e. The van der Waals surface area contributed by atoms with Crippen LogP contribution in [0.5, 0.6) is 0 Å². The van der Waals surface area contributed by atoms with Gasteiger partial charge >= 0.3 is 22.2 Å². The van der Waals surface area contributed by atoms with Crippen molar-refractivity contribution in [2.75, 3.05) is 5.73 Å². The summed E-state index contributed by atoms with van der Waals surface area (Å²) in [6.07, 6.45) is -6.30. The molecule has 0 aliphatic heterocycles. The highest BCUT2D eigenvalue weighted by Crippen LogP contribution is 2.55. The van der Waals surface area contributed by atoms with E-state index in [1.807, 2.05) is 0 Å². The molecule has 0 heterocycles. The number of nitrogen functional groups attached to an aromatic ring is 1. The molecular weight excluding hydrogens is 449 g/mol. The number of anilines is 1. The Hall–Kier alpha value is -1.18. The molecule has 0 saturated heterocycles. The lowest BCUT2D eigenvalue weighted by Crippen LogP contribution is -2.49. The van der Waals surface area contributed by atoms with E-state index in [1.54, 1.807) is 0 Å². The number of hydrogen-bond acceptors (Lipinski definition) is 3. The van der Waals surface area contributed by atoms with Gasteiger partial charge in [-0.2, -0.15) is 35.1 Å². The molecule has 14 heteroatoms. The molecule has 1 aromatic rings. The van der Waals surface area contributed by atoms with Crippen LogP contribution in [-0.4, -0.2) is 24.9 Å². The Balaban J connectivity index is 3.80. The minimum absolute atomic E-state index is 0.00733. The maximum atomic E-state index is 14.1. The quantitative estimate of drug-likeness (QED) is 0.422. The van der Waals surface area contributed by atoms with E-state index < -0.39 is 54.2 Å². The van der Waals surface area contributed by atoms with E-state index in [2.05, 4.69) is 0 Å². The molecule has 24 heavy (non-hydrogen) atoms. The smallest absolute Gasteiger partial charge is 0.398 e. The summed E-state index contributed by atoms with van der Waals surface area (Å²) in [5.74, 6) is 0. The number of hydrogen-bond donors (Lipinski definition) is 1. The van der Waals surface area contributed by atoms with Gasteiger partial charge in [-0.15, -0.1) is 0 Å². The van der Waals surface area contributed by atoms with Crippen molar-refractivity contribution >= 4 is 31.5 Å². The number of sulfone groups is 1. The minimum Gasteiger partial charge on any atom is -0.398 e. The zero-order chi connectivity index (χ0) is 19.4. The first-order chi connectivity index (χ1) is 10.4. The Kier molecular flexibility index (Phi) is 4.93. The topological polar surface area (TPSA) is 60.2 Å². The van der Waals surface area contributed by atoms with Gasteiger partial charge in [-0.1, -0.05) is 6.07 Å². The minimum atomic E-state index is -6.30. The normalized spacial score (nSPS) is 16.8. The molecule has 1 rings (SSSR count). The monoisotopic (exact) mass is 453 g/mol. The number of alkyl halides is 10. The highest BCUT2D eigenvalue weighted by atomic mass is 79.9. The van der Waals surface area contributed by atoms with E-state index in [9.17, 15) is 47.9 Å². The average molecular weight is 454 g/mol. The van der Waals surface area contributed by atoms with E-state index in [4.69, 9.17) is 5.73 Å². The second-order valence-corrected chi connectivity index (χ2v) is 7.26. The Labute approximate surface area is 136 Å². The SMILES string of the molecule is Nc1ccc(C(F)(C(F)(F)F)C(F)(F)Br)cc1S(=O)(=O)C(F)(F)F. The summed E-state index contributed by atoms with van der Waals surface area (Å²) in [4.78, 5) is -7.29. The molecule has 1 aromatic carbocycles. The van der Waals surface area contributed by atoms with E-state index in [0.717, 1.165) is 0 Å². The predicted octanol–water partition coefficient (Wildman–Crippen LogP) is 4.28. The first kappa shape index (κ1) is 20.9. The average Bonchev–Trinajstić information content (AvgIpc) is 2.34. The van der Waals surface area contributed by atoms with Gasteiger partial charge < -0.3 is 5.73 Å². The maximum absolute atomic E-state index is 14.1. The van der Waals surface area contributed by atoms with Gasteiger partial charge in [0.05, 0.1) is 10.6 Å². The molecular formula is C10H5BrF9NO2S. The van der Waals surface area contributed by atoms with Crippen LogP contribution in [0.15, 0.2) is 23.1 Å². The van der Waals surface area contributed by atoms with Crippen LogP contribution < -0.4 is 5.73 Å². The number of benzene rings is 1. The lowest BCUT2D eigenvalue weighted by atomic mass is 9.95. The van der Waals surface area contributed by atoms with Crippen molar-refractivity contribution in [3.63, 3.8) is 0 Å². The zero-order valence-electron chi connectivity index (χ0n) is 10.8. The summed E-state index contributed by atoms with van der Waals surface area (Å²) >= 11 is 1.18. The van der Waals surface area contributed by atoms with Crippen LogP contribution in [0.4, 0.5) is 45.2 Å². The van der Waals surface area contributed by atoms with Crippen molar-refractivity contribution in [3.05, 3.63) is 23.8 Å². The fraction of sp³-hybridized carbons (Fsp3) is 0.400. The second-order valence-electron chi connectivity index (χ2n) is 4.36. The molecule has 1 atom stereocenters. The highest BCUT2D eigenvalue weighted by molar-refractivity contribution is 9.10. The number of rotatable bonds is 3. The van der Waals surface area contributed by atoms with Crippen molar-refractivity contribution in [1.29, 1.82) is 0 Å². The van der Waals surface area contributed by atoms with Crippen LogP contribution in [0, 0.1) is 0 Å². The molecule has 0 aliphatic carbocycles. The molecule has 0 amide bonds. The second kappa shape index (κ2) is 5.68. The summed E-state index contributed by atoms with van der Waals surface area (Å²) < 4.78 is 139. The Morgan fingerprint density at radius 3 is 1.71 bits per heavy atom. The van der Waals surface area contributed by atoms with Gasteiger partial charge in [-0.05, 0) is 28.1 Å². The van der Waals surface area contributed by atoms with Crippen molar-refractivity contribution in [1.82, 2.24) is 0 Å². The summed E-state index contributed by atoms with van der Waals surface area (Å²) in [6, 6.07) is -0.374. The summed E-state index contributed by atoms with van der Waals surface area (Å²) in [7, 11) is -6.30. The third-order valence-corrected chi connectivity index (χ3v) is 4.88. The standard InChI is InChI=1S/C10H5BrF9NO2S/c11-8(13,14)7(12,9(15,16)17)4-1-2-5(21)6(3-4)24(22,23)10(18,19)20/h1-3H,21H2. The van der Waals surface area contributed by atoms with Gasteiger partial charge in [-0.3, -0.25) is 0 Å². The summed E-state index contributed by atoms with van der Waals surface area (Å²) in [6.45, 7) is 0. The summed E-state index contributed by atoms with van der Waals surface area (Å²) in [5.41, 5.74) is -9.82. The van der Waals surface area contributed by atoms with Gasteiger partial charge in [-0.25, -0.2) is 12.8 Å². The third-order valence-electron chi connectivity index (χ3n) is 2.79. The van der Waals surface area contributed by atoms with Gasteiger partial charge in [0.1, 0.15) is 0 Å². The van der Waals surface area contributed by atoms with Crippen LogP contribution in [0.25, 0.3) is 0 Å². The molecule has 3 nitrogen and oxygen atoms in total. The molecule has 0 radical (unpaired) electrons. The Morgan fingerprint density at radius 2 is 1.38 bits per heavy atom. The molecule has 1 unspecified atom stereocenters. The molecule has 0 aromatic heterocycles. The van der Waals surface area contributed by atoms with Gasteiger partial charge in [0.25, 0.3) is 9.84 Å². The Bertz CT molecular complexity index is 722. The van der Waals surface area contributed by atoms with Gasteiger partial charge in [0, 0.05) is 5.56 Å². The van der Waals surface area contributed by atoms with Gasteiger partial charge in [0.2, 0.25) is 0 Å². The Morgan fingerprint density at radius 1 is 0.917 bits per heavy atom. The molecule has 2 N–H and O–H groups in total. The van der Waals surface area contributed by atoms with Crippen molar-refractivity contribution in [3.8, 4) is 0 Å².